The number of alkyl carbamates (subject to hydrolysis) is 1. The molecule has 0 bridgehead atoms. The smallest absolute Gasteiger partial charge is 0.412 e. The van der Waals surface area contributed by atoms with Crippen LogP contribution in [0.1, 0.15) is 25.3 Å². The van der Waals surface area contributed by atoms with E-state index in [4.69, 9.17) is 9.47 Å². The molecule has 1 amide bonds. The van der Waals surface area contributed by atoms with Crippen LogP contribution in [0.4, 0.5) is 4.79 Å². The molecule has 0 radical (unpaired) electrons. The standard InChI is InChI=1S/C17H21NO4/c1-12-8-14(9-12)10-15(16(19)21-2)18-17(20)22-11-13-6-4-3-5-7-13/h3-7,10,12,14H,8-9,11H2,1-2H3,(H,18,20). The van der Waals surface area contributed by atoms with Gasteiger partial charge in [0.15, 0.2) is 0 Å². The second-order valence-corrected chi connectivity index (χ2v) is 5.60. The van der Waals surface area contributed by atoms with Crippen molar-refractivity contribution in [2.24, 2.45) is 11.8 Å². The van der Waals surface area contributed by atoms with Gasteiger partial charge in [-0.25, -0.2) is 9.59 Å². The molecule has 1 aromatic carbocycles. The minimum atomic E-state index is -0.659. The first-order valence-electron chi connectivity index (χ1n) is 7.36. The van der Waals surface area contributed by atoms with Crippen LogP contribution < -0.4 is 5.32 Å². The van der Waals surface area contributed by atoms with Crippen LogP contribution in [0.25, 0.3) is 0 Å². The summed E-state index contributed by atoms with van der Waals surface area (Å²) in [6, 6.07) is 9.35. The summed E-state index contributed by atoms with van der Waals surface area (Å²) < 4.78 is 9.80. The van der Waals surface area contributed by atoms with Crippen molar-refractivity contribution in [2.45, 2.75) is 26.4 Å². The van der Waals surface area contributed by atoms with Crippen molar-refractivity contribution in [1.82, 2.24) is 5.32 Å². The summed E-state index contributed by atoms with van der Waals surface area (Å²) in [6.07, 6.45) is 3.13. The Morgan fingerprint density at radius 3 is 2.55 bits per heavy atom. The highest BCUT2D eigenvalue weighted by Gasteiger charge is 2.26. The third kappa shape index (κ3) is 4.62. The van der Waals surface area contributed by atoms with Crippen molar-refractivity contribution >= 4 is 12.1 Å². The maximum Gasteiger partial charge on any atom is 0.412 e. The molecule has 0 aromatic heterocycles. The summed E-state index contributed by atoms with van der Waals surface area (Å²) in [5, 5.41) is 2.48. The predicted octanol–water partition coefficient (Wildman–Crippen LogP) is 3.02. The molecule has 0 aliphatic heterocycles. The lowest BCUT2D eigenvalue weighted by atomic mass is 9.76. The Morgan fingerprint density at radius 1 is 1.27 bits per heavy atom. The first-order valence-corrected chi connectivity index (χ1v) is 7.36. The van der Waals surface area contributed by atoms with Crippen LogP contribution >= 0.6 is 0 Å². The Kier molecular flexibility index (Phi) is 5.58. The van der Waals surface area contributed by atoms with E-state index >= 15 is 0 Å². The molecule has 5 heteroatoms. The van der Waals surface area contributed by atoms with Crippen LogP contribution in [0.5, 0.6) is 0 Å². The summed E-state index contributed by atoms with van der Waals surface area (Å²) >= 11 is 0. The zero-order chi connectivity index (χ0) is 15.9. The summed E-state index contributed by atoms with van der Waals surface area (Å²) in [5.41, 5.74) is 1.03. The van der Waals surface area contributed by atoms with E-state index in [0.717, 1.165) is 18.4 Å². The lowest BCUT2D eigenvalue weighted by Crippen LogP contribution is -2.30. The monoisotopic (exact) mass is 303 g/mol. The molecule has 1 aliphatic carbocycles. The maximum atomic E-state index is 11.8. The minimum absolute atomic E-state index is 0.150. The number of carbonyl (C=O) groups excluding carboxylic acids is 2. The van der Waals surface area contributed by atoms with Crippen LogP contribution in [0.15, 0.2) is 42.1 Å². The third-order valence-electron chi connectivity index (χ3n) is 3.67. The van der Waals surface area contributed by atoms with Gasteiger partial charge in [0.2, 0.25) is 0 Å². The molecule has 1 aliphatic rings. The van der Waals surface area contributed by atoms with Gasteiger partial charge in [-0.05, 0) is 30.2 Å². The van der Waals surface area contributed by atoms with E-state index in [9.17, 15) is 9.59 Å². The Hall–Kier alpha value is -2.30. The quantitative estimate of drug-likeness (QED) is 0.671. The van der Waals surface area contributed by atoms with Gasteiger partial charge in [-0.3, -0.25) is 5.32 Å². The van der Waals surface area contributed by atoms with Crippen LogP contribution in [-0.4, -0.2) is 19.2 Å². The molecule has 1 saturated carbocycles. The number of carbonyl (C=O) groups is 2. The highest BCUT2D eigenvalue weighted by Crippen LogP contribution is 2.34. The molecular weight excluding hydrogens is 282 g/mol. The molecule has 0 saturated heterocycles. The van der Waals surface area contributed by atoms with E-state index in [1.807, 2.05) is 30.3 Å². The molecule has 1 fully saturated rings. The summed E-state index contributed by atoms with van der Waals surface area (Å²) in [7, 11) is 1.29. The lowest BCUT2D eigenvalue weighted by molar-refractivity contribution is -0.136. The highest BCUT2D eigenvalue weighted by atomic mass is 16.6. The Morgan fingerprint density at radius 2 is 1.95 bits per heavy atom. The van der Waals surface area contributed by atoms with Gasteiger partial charge in [0.25, 0.3) is 0 Å². The number of methoxy groups -OCH3 is 1. The number of allylic oxidation sites excluding steroid dienone is 1. The van der Waals surface area contributed by atoms with Gasteiger partial charge in [0, 0.05) is 0 Å². The maximum absolute atomic E-state index is 11.8. The average Bonchev–Trinajstić information content (AvgIpc) is 2.50. The number of hydrogen-bond acceptors (Lipinski definition) is 4. The molecule has 22 heavy (non-hydrogen) atoms. The van der Waals surface area contributed by atoms with Crippen LogP contribution in [-0.2, 0) is 20.9 Å². The van der Waals surface area contributed by atoms with Crippen LogP contribution in [0.2, 0.25) is 0 Å². The number of hydrogen-bond donors (Lipinski definition) is 1. The van der Waals surface area contributed by atoms with E-state index in [1.54, 1.807) is 6.08 Å². The van der Waals surface area contributed by atoms with Gasteiger partial charge in [0.1, 0.15) is 12.3 Å². The fourth-order valence-electron chi connectivity index (χ4n) is 2.48. The van der Waals surface area contributed by atoms with E-state index < -0.39 is 12.1 Å². The molecule has 5 nitrogen and oxygen atoms in total. The second kappa shape index (κ2) is 7.64. The van der Waals surface area contributed by atoms with Gasteiger partial charge < -0.3 is 9.47 Å². The molecule has 0 unspecified atom stereocenters. The van der Waals surface area contributed by atoms with Crippen molar-refractivity contribution in [3.05, 3.63) is 47.7 Å². The number of nitrogens with one attached hydrogen (secondary N) is 1. The van der Waals surface area contributed by atoms with Crippen molar-refractivity contribution < 1.29 is 19.1 Å². The number of ether oxygens (including phenoxy) is 2. The molecule has 1 aromatic rings. The highest BCUT2D eigenvalue weighted by molar-refractivity contribution is 5.92. The second-order valence-electron chi connectivity index (χ2n) is 5.60. The van der Waals surface area contributed by atoms with Crippen molar-refractivity contribution in [3.8, 4) is 0 Å². The largest absolute Gasteiger partial charge is 0.464 e. The van der Waals surface area contributed by atoms with E-state index in [1.165, 1.54) is 7.11 Å². The first kappa shape index (κ1) is 16.1. The SMILES string of the molecule is COC(=O)C(=CC1CC(C)C1)NC(=O)OCc1ccccc1. The number of rotatable bonds is 5. The zero-order valence-electron chi connectivity index (χ0n) is 12.9. The van der Waals surface area contributed by atoms with Crippen molar-refractivity contribution in [3.63, 3.8) is 0 Å². The summed E-state index contributed by atoms with van der Waals surface area (Å²) in [6.45, 7) is 2.31. The minimum Gasteiger partial charge on any atom is -0.464 e. The lowest BCUT2D eigenvalue weighted by Gasteiger charge is -2.30. The van der Waals surface area contributed by atoms with E-state index in [-0.39, 0.29) is 12.3 Å². The first-order chi connectivity index (χ1) is 10.6. The van der Waals surface area contributed by atoms with Gasteiger partial charge >= 0.3 is 12.1 Å². The normalized spacial score (nSPS) is 20.7. The Balaban J connectivity index is 1.89. The number of esters is 1. The molecule has 118 valence electrons. The van der Waals surface area contributed by atoms with Gasteiger partial charge in [-0.1, -0.05) is 43.3 Å². The Bertz CT molecular complexity index is 547. The van der Waals surface area contributed by atoms with E-state index in [2.05, 4.69) is 12.2 Å². The van der Waals surface area contributed by atoms with E-state index in [0.29, 0.717) is 11.8 Å². The van der Waals surface area contributed by atoms with Gasteiger partial charge in [0.05, 0.1) is 7.11 Å². The number of benzene rings is 1. The number of amides is 1. The Labute approximate surface area is 130 Å². The van der Waals surface area contributed by atoms with Gasteiger partial charge in [-0.15, -0.1) is 0 Å². The molecule has 2 rings (SSSR count). The predicted molar refractivity (Wildman–Crippen MR) is 81.7 cm³/mol. The molecular formula is C17H21NO4. The average molecular weight is 303 g/mol. The molecule has 0 heterocycles. The topological polar surface area (TPSA) is 64.6 Å². The van der Waals surface area contributed by atoms with Crippen molar-refractivity contribution in [1.29, 1.82) is 0 Å². The third-order valence-corrected chi connectivity index (χ3v) is 3.67. The van der Waals surface area contributed by atoms with Gasteiger partial charge in [-0.2, -0.15) is 0 Å². The summed E-state index contributed by atoms with van der Waals surface area (Å²) in [5.74, 6) is 0.403. The molecule has 0 spiro atoms. The fourth-order valence-corrected chi connectivity index (χ4v) is 2.48. The van der Waals surface area contributed by atoms with Crippen LogP contribution in [0, 0.1) is 11.8 Å². The van der Waals surface area contributed by atoms with Crippen molar-refractivity contribution in [2.75, 3.05) is 7.11 Å². The molecule has 0 atom stereocenters. The summed E-state index contributed by atoms with van der Waals surface area (Å²) in [4.78, 5) is 23.5. The zero-order valence-corrected chi connectivity index (χ0v) is 12.9. The molecule has 1 N–H and O–H groups in total. The fraction of sp³-hybridized carbons (Fsp3) is 0.412. The van der Waals surface area contributed by atoms with Crippen LogP contribution in [0.3, 0.4) is 0 Å².